The number of piperidine rings is 2. The first-order chi connectivity index (χ1) is 28.3. The zero-order valence-corrected chi connectivity index (χ0v) is 34.3. The zero-order valence-electron chi connectivity index (χ0n) is 31.3. The monoisotopic (exact) mass is 908 g/mol. The van der Waals surface area contributed by atoms with Crippen molar-refractivity contribution in [1.29, 1.82) is 0 Å². The molecule has 12 nitrogen and oxygen atoms in total. The average Bonchev–Trinajstić information content (AvgIpc) is 3.97. The summed E-state index contributed by atoms with van der Waals surface area (Å²) in [7, 11) is 1.19. The molecular weight excluding hydrogens is 870 g/mol. The van der Waals surface area contributed by atoms with Gasteiger partial charge in [0.05, 0.1) is 38.3 Å². The fourth-order valence-corrected chi connectivity index (χ4v) is 9.01. The number of imidazole rings is 1. The highest BCUT2D eigenvalue weighted by Gasteiger charge is 2.44. The van der Waals surface area contributed by atoms with Crippen molar-refractivity contribution in [3.8, 4) is 23.2 Å². The van der Waals surface area contributed by atoms with Crippen molar-refractivity contribution < 1.29 is 23.0 Å². The van der Waals surface area contributed by atoms with Gasteiger partial charge in [0.25, 0.3) is 11.8 Å². The van der Waals surface area contributed by atoms with Crippen LogP contribution in [0.1, 0.15) is 76.4 Å². The van der Waals surface area contributed by atoms with E-state index in [9.17, 15) is 18.8 Å². The van der Waals surface area contributed by atoms with Crippen LogP contribution in [0.4, 0.5) is 16.0 Å². The minimum Gasteiger partial charge on any atom is -0.357 e. The first kappa shape index (κ1) is 38.2. The maximum Gasteiger partial charge on any atom is 0.262 e. The van der Waals surface area contributed by atoms with Crippen molar-refractivity contribution in [3.63, 3.8) is 0 Å². The predicted octanol–water partition coefficient (Wildman–Crippen LogP) is 7.31. The Morgan fingerprint density at radius 2 is 1.76 bits per heavy atom. The van der Waals surface area contributed by atoms with E-state index in [0.717, 1.165) is 90.1 Å². The van der Waals surface area contributed by atoms with Crippen molar-refractivity contribution in [2.24, 2.45) is 5.92 Å². The lowest BCUT2D eigenvalue weighted by atomic mass is 9.93. The maximum absolute atomic E-state index is 14.1. The lowest BCUT2D eigenvalue weighted by Gasteiger charge is -2.33. The van der Waals surface area contributed by atoms with E-state index in [1.54, 1.807) is 36.5 Å². The molecule has 0 radical (unpaired) electrons. The number of aromatic nitrogens is 4. The van der Waals surface area contributed by atoms with E-state index in [0.29, 0.717) is 18.4 Å². The van der Waals surface area contributed by atoms with Crippen LogP contribution >= 0.6 is 30.4 Å². The molecule has 4 aliphatic rings. The van der Waals surface area contributed by atoms with E-state index in [-0.39, 0.29) is 41.4 Å². The molecule has 0 aliphatic carbocycles. The van der Waals surface area contributed by atoms with Gasteiger partial charge in [-0.15, -0.1) is 5.10 Å². The summed E-state index contributed by atoms with van der Waals surface area (Å²) in [5.41, 5.74) is 5.21. The number of allylic oxidation sites excluding steroid dienone is 2. The van der Waals surface area contributed by atoms with Crippen LogP contribution in [0, 0.1) is 23.6 Å². The van der Waals surface area contributed by atoms with E-state index in [2.05, 4.69) is 38.0 Å². The first-order valence-corrected chi connectivity index (χ1v) is 22.6. The number of hydrogen-bond acceptors (Lipinski definition) is 10. The van der Waals surface area contributed by atoms with Crippen molar-refractivity contribution in [3.05, 3.63) is 119 Å². The third kappa shape index (κ3) is 7.56. The predicted molar refractivity (Wildman–Crippen MR) is 228 cm³/mol. The van der Waals surface area contributed by atoms with Gasteiger partial charge >= 0.3 is 0 Å². The van der Waals surface area contributed by atoms with Gasteiger partial charge in [-0.3, -0.25) is 23.5 Å². The molecule has 1 N–H and O–H groups in total. The summed E-state index contributed by atoms with van der Waals surface area (Å²) < 4.78 is 21.1. The molecule has 7 heterocycles. The Kier molecular flexibility index (Phi) is 10.9. The summed E-state index contributed by atoms with van der Waals surface area (Å²) in [5, 5.41) is 8.02. The molecule has 3 fully saturated rings. The number of benzene rings is 2. The second kappa shape index (κ2) is 16.5. The second-order valence-corrected chi connectivity index (χ2v) is 16.3. The highest BCUT2D eigenvalue weighted by Crippen LogP contribution is 2.36. The normalized spacial score (nSPS) is 20.5. The first-order valence-electron chi connectivity index (χ1n) is 19.4. The Labute approximate surface area is 351 Å². The maximum atomic E-state index is 14.1. The molecule has 3 aromatic heterocycles. The molecule has 0 bridgehead atoms. The van der Waals surface area contributed by atoms with E-state index in [1.165, 1.54) is 15.3 Å². The van der Waals surface area contributed by atoms with Crippen LogP contribution in [0.15, 0.2) is 90.8 Å². The molecule has 15 heteroatoms. The number of halogens is 2. The third-order valence-corrected chi connectivity index (χ3v) is 12.3. The van der Waals surface area contributed by atoms with E-state index < -0.39 is 17.9 Å². The highest BCUT2D eigenvalue weighted by atomic mass is 127. The second-order valence-electron chi connectivity index (χ2n) is 14.8. The molecule has 2 aromatic carbocycles. The Morgan fingerprint density at radius 1 is 0.914 bits per heavy atom. The number of nitrogens with one attached hydrogen (secondary N) is 1. The summed E-state index contributed by atoms with van der Waals surface area (Å²) in [4.78, 5) is 55.4. The molecule has 3 amide bonds. The lowest BCUT2D eigenvalue weighted by Crippen LogP contribution is -2.52. The van der Waals surface area contributed by atoms with Gasteiger partial charge in [-0.1, -0.05) is 36.1 Å². The summed E-state index contributed by atoms with van der Waals surface area (Å²) in [6.45, 7) is 2.65. The Bertz CT molecular complexity index is 2530. The van der Waals surface area contributed by atoms with E-state index in [4.69, 9.17) is 14.3 Å². The molecule has 2 atom stereocenters. The van der Waals surface area contributed by atoms with Crippen LogP contribution in [0.25, 0.3) is 17.0 Å². The van der Waals surface area contributed by atoms with Gasteiger partial charge in [-0.2, -0.15) is 0 Å². The van der Waals surface area contributed by atoms with E-state index >= 15 is 0 Å². The van der Waals surface area contributed by atoms with Gasteiger partial charge in [0.2, 0.25) is 5.91 Å². The molecule has 0 saturated carbocycles. The Balaban J connectivity index is 0.831. The molecule has 1 unspecified atom stereocenters. The number of rotatable bonds is 8. The number of anilines is 2. The van der Waals surface area contributed by atoms with Crippen LogP contribution in [-0.2, 0) is 8.98 Å². The summed E-state index contributed by atoms with van der Waals surface area (Å²) in [5.74, 6) is 6.27. The van der Waals surface area contributed by atoms with Gasteiger partial charge in [-0.25, -0.2) is 18.9 Å². The molecule has 294 valence electrons. The van der Waals surface area contributed by atoms with Gasteiger partial charge in [-0.05, 0) is 105 Å². The van der Waals surface area contributed by atoms with Crippen molar-refractivity contribution in [2.75, 3.05) is 36.0 Å². The molecular formula is C43H38FIN8O4S. The number of nitrogens with zero attached hydrogens (tertiary/aromatic N) is 7. The molecule has 3 saturated heterocycles. The fourth-order valence-electron chi connectivity index (χ4n) is 8.52. The smallest absolute Gasteiger partial charge is 0.262 e. The minimum absolute atomic E-state index is 0.0509. The van der Waals surface area contributed by atoms with Gasteiger partial charge in [0.15, 0.2) is 5.65 Å². The van der Waals surface area contributed by atoms with Crippen molar-refractivity contribution in [1.82, 2.24) is 29.8 Å². The topological polar surface area (TPSA) is 125 Å². The number of pyridine rings is 1. The molecule has 4 aliphatic heterocycles. The Morgan fingerprint density at radius 3 is 2.59 bits per heavy atom. The third-order valence-electron chi connectivity index (χ3n) is 11.3. The largest absolute Gasteiger partial charge is 0.357 e. The van der Waals surface area contributed by atoms with Crippen LogP contribution in [0.2, 0.25) is 0 Å². The summed E-state index contributed by atoms with van der Waals surface area (Å²) in [6, 6.07) is 20.9. The quantitative estimate of drug-likeness (QED) is 0.0558. The van der Waals surface area contributed by atoms with Crippen molar-refractivity contribution >= 4 is 65.4 Å². The van der Waals surface area contributed by atoms with Crippen molar-refractivity contribution in [2.45, 2.75) is 50.6 Å². The summed E-state index contributed by atoms with van der Waals surface area (Å²) in [6.07, 6.45) is 8.55. The molecule has 5 aromatic rings. The van der Waals surface area contributed by atoms with Crippen LogP contribution in [0.5, 0.6) is 0 Å². The van der Waals surface area contributed by atoms with Gasteiger partial charge in [0.1, 0.15) is 35.8 Å². The number of carbonyl (C=O) groups is 3. The van der Waals surface area contributed by atoms with Crippen LogP contribution in [-0.4, -0.2) is 74.5 Å². The van der Waals surface area contributed by atoms with Gasteiger partial charge < -0.3 is 15.1 Å². The number of amides is 3. The van der Waals surface area contributed by atoms with Crippen LogP contribution in [0.3, 0.4) is 0 Å². The minimum atomic E-state index is -0.875. The standard InChI is InChI=1S/C43H38FIN8O4S/c44-30-7-1-6-29(25-30)35-9-3-19-51(35)40-16-15-38-46-26-37(53(38)49-40)34-8-2-10-39(48-34)50-20-17-28(18-21-50)23-31-12-14-36(41(54)47-31)52-42(55)32-13-11-27(5-4-22-57-58-45)24-33(32)43(52)56/h1-2,6-8,10-11,13,15-16,23-26,28,35-36H,3,9,12,14,17-22H2,(H,47,54)/t35-,36?/m1/s1. The highest BCUT2D eigenvalue weighted by molar-refractivity contribution is 14.2. The molecule has 9 rings (SSSR count). The lowest BCUT2D eigenvalue weighted by molar-refractivity contribution is -0.125. The Hall–Kier alpha value is -5.31. The number of hydrogen-bond donors (Lipinski definition) is 1. The average molecular weight is 909 g/mol. The fraction of sp³-hybridized carbons (Fsp3) is 0.302. The zero-order chi connectivity index (χ0) is 39.8. The number of fused-ring (bicyclic) bond motifs is 2. The number of carbonyl (C=O) groups excluding carboxylic acids is 3. The SMILES string of the molecule is O=C1NC(=CC2CCN(c3cccc(-c4cnc5ccc(N6CCC[C@@H]6c6cccc(F)c6)nn45)n3)CC2)CCC1N1C(=O)c2ccc(C#CCOSI)cc2C1=O. The van der Waals surface area contributed by atoms with Crippen LogP contribution < -0.4 is 15.1 Å². The summed E-state index contributed by atoms with van der Waals surface area (Å²) >= 11 is 2.01. The molecule has 0 spiro atoms. The molecule has 58 heavy (non-hydrogen) atoms. The number of imide groups is 1. The van der Waals surface area contributed by atoms with Gasteiger partial charge in [0, 0.05) is 52.1 Å². The van der Waals surface area contributed by atoms with E-state index in [1.807, 2.05) is 62.1 Å².